The third kappa shape index (κ3) is 8.86. The molecule has 2 saturated heterocycles. The summed E-state index contributed by atoms with van der Waals surface area (Å²) in [4.78, 5) is 57.6. The van der Waals surface area contributed by atoms with E-state index in [1.54, 1.807) is 23.1 Å². The number of hydrogen-bond donors (Lipinski definition) is 2. The SMILES string of the molecule is CC(=O)O.CC(=O)O.COc1ncccc1C1(OC(=O)N2CCN(C3CCN(C)CC3)CC2)C(=O)N(S(=O)(=O)c2cc3ccccc3s2)c2ccc(Cl)cc21. The molecule has 15 nitrogen and oxygen atoms in total. The molecular formula is C37H42ClN5O10S2. The summed E-state index contributed by atoms with van der Waals surface area (Å²) >= 11 is 7.55. The monoisotopic (exact) mass is 815 g/mol. The van der Waals surface area contributed by atoms with Crippen LogP contribution in [0.3, 0.4) is 0 Å². The molecule has 1 atom stereocenters. The number of aromatic nitrogens is 1. The molecule has 294 valence electrons. The predicted molar refractivity (Wildman–Crippen MR) is 206 cm³/mol. The van der Waals surface area contributed by atoms with Gasteiger partial charge in [0.2, 0.25) is 5.88 Å². The first-order valence-corrected chi connectivity index (χ1v) is 19.9. The molecule has 3 aliphatic heterocycles. The number of carbonyl (C=O) groups excluding carboxylic acids is 2. The molecule has 4 aromatic rings. The number of anilines is 1. The molecule has 18 heteroatoms. The number of halogens is 1. The second-order valence-electron chi connectivity index (χ2n) is 13.0. The zero-order chi connectivity index (χ0) is 40.1. The topological polar surface area (TPSA) is 187 Å². The molecule has 1 unspecified atom stereocenters. The number of hydrogen-bond acceptors (Lipinski definition) is 12. The number of aliphatic carboxylic acids is 2. The van der Waals surface area contributed by atoms with Crippen LogP contribution in [0, 0.1) is 0 Å². The summed E-state index contributed by atoms with van der Waals surface area (Å²) in [6.07, 6.45) is 2.87. The minimum absolute atomic E-state index is 0.00720. The molecule has 0 aliphatic carbocycles. The van der Waals surface area contributed by atoms with Gasteiger partial charge < -0.3 is 29.5 Å². The van der Waals surface area contributed by atoms with E-state index in [9.17, 15) is 18.0 Å². The Hall–Kier alpha value is -4.81. The molecule has 0 saturated carbocycles. The number of rotatable bonds is 6. The van der Waals surface area contributed by atoms with Gasteiger partial charge >= 0.3 is 6.09 Å². The number of carbonyl (C=O) groups is 4. The molecule has 2 aromatic heterocycles. The molecule has 2 fully saturated rings. The van der Waals surface area contributed by atoms with Gasteiger partial charge in [0.15, 0.2) is 0 Å². The Morgan fingerprint density at radius 1 is 0.909 bits per heavy atom. The lowest BCUT2D eigenvalue weighted by Gasteiger charge is -2.42. The Kier molecular flexibility index (Phi) is 13.0. The van der Waals surface area contributed by atoms with Gasteiger partial charge in [-0.3, -0.25) is 19.3 Å². The summed E-state index contributed by atoms with van der Waals surface area (Å²) in [5, 5.41) is 15.8. The molecular weight excluding hydrogens is 774 g/mol. The highest BCUT2D eigenvalue weighted by molar-refractivity contribution is 7.95. The molecule has 7 rings (SSSR count). The molecule has 2 N–H and O–H groups in total. The predicted octanol–water partition coefficient (Wildman–Crippen LogP) is 4.97. The lowest BCUT2D eigenvalue weighted by atomic mass is 9.87. The summed E-state index contributed by atoms with van der Waals surface area (Å²) in [6.45, 7) is 6.35. The van der Waals surface area contributed by atoms with Gasteiger partial charge in [0.25, 0.3) is 33.5 Å². The summed E-state index contributed by atoms with van der Waals surface area (Å²) in [7, 11) is -0.967. The van der Waals surface area contributed by atoms with Crippen molar-refractivity contribution in [3.8, 4) is 5.88 Å². The summed E-state index contributed by atoms with van der Waals surface area (Å²) in [5.74, 6) is -2.65. The zero-order valence-electron chi connectivity index (χ0n) is 30.7. The van der Waals surface area contributed by atoms with Crippen LogP contribution in [0.5, 0.6) is 5.88 Å². The van der Waals surface area contributed by atoms with Crippen molar-refractivity contribution in [2.24, 2.45) is 0 Å². The first-order chi connectivity index (χ1) is 26.1. The van der Waals surface area contributed by atoms with Crippen molar-refractivity contribution < 1.29 is 47.3 Å². The fourth-order valence-electron chi connectivity index (χ4n) is 6.81. The molecule has 2 aromatic carbocycles. The van der Waals surface area contributed by atoms with Gasteiger partial charge in [0.05, 0.1) is 18.4 Å². The Balaban J connectivity index is 0.000000663. The first-order valence-electron chi connectivity index (χ1n) is 17.3. The van der Waals surface area contributed by atoms with E-state index >= 15 is 0 Å². The number of likely N-dealkylation sites (tertiary alicyclic amines) is 1. The van der Waals surface area contributed by atoms with Crippen molar-refractivity contribution >= 4 is 72.7 Å². The fourth-order valence-corrected chi connectivity index (χ4v) is 9.91. The van der Waals surface area contributed by atoms with Gasteiger partial charge in [-0.1, -0.05) is 29.8 Å². The number of piperazine rings is 1. The first kappa shape index (κ1) is 41.4. The van der Waals surface area contributed by atoms with Crippen LogP contribution >= 0.6 is 22.9 Å². The van der Waals surface area contributed by atoms with E-state index < -0.39 is 39.6 Å². The standard InChI is InChI=1S/C33H34ClN5O6S2.2C2H4O2/c1-36-14-11-24(12-15-36)37-16-18-38(19-17-37)32(41)45-33(25-7-5-13-35-30(25)44-2)26-21-23(34)9-10-27(26)39(31(33)40)47(42,43)29-20-22-6-3-4-8-28(22)46-29;2*1-2(3)4/h3-10,13,20-21,24H,11-12,14-19H2,1-2H3;2*1H3,(H,3,4). The lowest BCUT2D eigenvalue weighted by molar-refractivity contribution is -0.135. The maximum absolute atomic E-state index is 14.9. The average Bonchev–Trinajstić information content (AvgIpc) is 3.70. The van der Waals surface area contributed by atoms with Crippen LogP contribution in [0.15, 0.2) is 71.1 Å². The summed E-state index contributed by atoms with van der Waals surface area (Å²) < 4.78 is 42.1. The Morgan fingerprint density at radius 3 is 2.16 bits per heavy atom. The number of ether oxygens (including phenoxy) is 2. The molecule has 2 amide bonds. The van der Waals surface area contributed by atoms with Crippen molar-refractivity contribution in [2.45, 2.75) is 42.5 Å². The maximum atomic E-state index is 14.9. The van der Waals surface area contributed by atoms with Gasteiger partial charge in [-0.05, 0) is 80.8 Å². The number of amides is 2. The zero-order valence-corrected chi connectivity index (χ0v) is 33.1. The van der Waals surface area contributed by atoms with E-state index in [0.717, 1.165) is 65.5 Å². The molecule has 55 heavy (non-hydrogen) atoms. The van der Waals surface area contributed by atoms with Gasteiger partial charge in [-0.2, -0.15) is 12.7 Å². The fraction of sp³-hybridized carbons (Fsp3) is 0.378. The van der Waals surface area contributed by atoms with Crippen molar-refractivity contribution in [2.75, 3.05) is 57.7 Å². The third-order valence-corrected chi connectivity index (χ3v) is 12.8. The van der Waals surface area contributed by atoms with E-state index in [1.165, 1.54) is 31.5 Å². The van der Waals surface area contributed by atoms with E-state index in [0.29, 0.717) is 32.2 Å². The molecule has 0 bridgehead atoms. The normalized spacial score (nSPS) is 19.1. The van der Waals surface area contributed by atoms with Gasteiger partial charge in [0.1, 0.15) is 4.21 Å². The van der Waals surface area contributed by atoms with Gasteiger partial charge in [0, 0.05) is 67.6 Å². The molecule has 3 aliphatic rings. The number of piperidine rings is 1. The lowest BCUT2D eigenvalue weighted by Crippen LogP contribution is -2.55. The van der Waals surface area contributed by atoms with Gasteiger partial charge in [-0.15, -0.1) is 11.3 Å². The van der Waals surface area contributed by atoms with Crippen molar-refractivity contribution in [1.82, 2.24) is 19.7 Å². The van der Waals surface area contributed by atoms with Crippen LogP contribution in [0.2, 0.25) is 5.02 Å². The van der Waals surface area contributed by atoms with Gasteiger partial charge in [-0.25, -0.2) is 9.78 Å². The van der Waals surface area contributed by atoms with Crippen molar-refractivity contribution in [3.05, 3.63) is 83.0 Å². The van der Waals surface area contributed by atoms with E-state index in [1.807, 2.05) is 24.3 Å². The highest BCUT2D eigenvalue weighted by Crippen LogP contribution is 2.52. The largest absolute Gasteiger partial charge is 0.481 e. The number of carboxylic acid groups (broad SMARTS) is 2. The van der Waals surface area contributed by atoms with Crippen LogP contribution in [-0.2, 0) is 34.7 Å². The minimum atomic E-state index is -4.48. The molecule has 0 spiro atoms. The smallest absolute Gasteiger partial charge is 0.411 e. The van der Waals surface area contributed by atoms with Crippen LogP contribution < -0.4 is 9.04 Å². The molecule has 5 heterocycles. The Bertz CT molecular complexity index is 2110. The number of sulfonamides is 1. The maximum Gasteiger partial charge on any atom is 0.411 e. The van der Waals surface area contributed by atoms with Crippen molar-refractivity contribution in [1.29, 1.82) is 0 Å². The van der Waals surface area contributed by atoms with Crippen molar-refractivity contribution in [3.63, 3.8) is 0 Å². The van der Waals surface area contributed by atoms with Crippen LogP contribution in [0.1, 0.15) is 37.8 Å². The number of thiophene rings is 1. The number of fused-ring (bicyclic) bond motifs is 2. The number of pyridine rings is 1. The van der Waals surface area contributed by atoms with E-state index in [4.69, 9.17) is 40.9 Å². The minimum Gasteiger partial charge on any atom is -0.481 e. The molecule has 0 radical (unpaired) electrons. The number of benzene rings is 2. The highest BCUT2D eigenvalue weighted by atomic mass is 35.5. The van der Waals surface area contributed by atoms with Crippen LogP contribution in [0.25, 0.3) is 10.1 Å². The van der Waals surface area contributed by atoms with Crippen LogP contribution in [0.4, 0.5) is 10.5 Å². The van der Waals surface area contributed by atoms with E-state index in [-0.39, 0.29) is 31.9 Å². The van der Waals surface area contributed by atoms with Crippen LogP contribution in [-0.4, -0.2) is 122 Å². The second-order valence-corrected chi connectivity index (χ2v) is 16.6. The number of nitrogens with zero attached hydrogens (tertiary/aromatic N) is 5. The summed E-state index contributed by atoms with van der Waals surface area (Å²) in [5.41, 5.74) is -2.04. The number of methoxy groups -OCH3 is 1. The highest BCUT2D eigenvalue weighted by Gasteiger charge is 2.61. The number of carboxylic acids is 2. The van der Waals surface area contributed by atoms with E-state index in [2.05, 4.69) is 21.8 Å². The Morgan fingerprint density at radius 2 is 1.55 bits per heavy atom. The average molecular weight is 816 g/mol. The quantitative estimate of drug-likeness (QED) is 0.266. The third-order valence-electron chi connectivity index (χ3n) is 9.30. The second kappa shape index (κ2) is 17.3. The summed E-state index contributed by atoms with van der Waals surface area (Å²) in [6, 6.07) is 16.8. The Labute approximate surface area is 327 Å².